The summed E-state index contributed by atoms with van der Waals surface area (Å²) < 4.78 is 11.6. The third-order valence-corrected chi connectivity index (χ3v) is 2.96. The van der Waals surface area contributed by atoms with Gasteiger partial charge in [0.2, 0.25) is 0 Å². The van der Waals surface area contributed by atoms with Gasteiger partial charge in [-0.1, -0.05) is 13.3 Å². The molecule has 0 spiro atoms. The Labute approximate surface area is 88.0 Å². The molecule has 0 saturated carbocycles. The molecule has 2 unspecified atom stereocenters. The zero-order valence-electron chi connectivity index (χ0n) is 10.2. The van der Waals surface area contributed by atoms with E-state index in [1.807, 2.05) is 0 Å². The lowest BCUT2D eigenvalue weighted by Crippen LogP contribution is -2.28. The predicted octanol–water partition coefficient (Wildman–Crippen LogP) is 3.35. The summed E-state index contributed by atoms with van der Waals surface area (Å²) in [5.74, 6) is 0.649. The van der Waals surface area contributed by atoms with Gasteiger partial charge in [-0.15, -0.1) is 0 Å². The molecular weight excluding hydrogens is 176 g/mol. The van der Waals surface area contributed by atoms with Crippen LogP contribution in [-0.4, -0.2) is 18.0 Å². The van der Waals surface area contributed by atoms with Crippen LogP contribution in [0.4, 0.5) is 0 Å². The quantitative estimate of drug-likeness (QED) is 0.693. The van der Waals surface area contributed by atoms with Crippen LogP contribution in [0.3, 0.4) is 0 Å². The van der Waals surface area contributed by atoms with Crippen molar-refractivity contribution in [1.82, 2.24) is 0 Å². The Morgan fingerprint density at radius 1 is 1.43 bits per heavy atom. The first-order chi connectivity index (χ1) is 6.45. The summed E-state index contributed by atoms with van der Waals surface area (Å²) in [4.78, 5) is 0. The molecule has 2 heteroatoms. The third kappa shape index (κ3) is 2.96. The second-order valence-electron chi connectivity index (χ2n) is 5.06. The molecule has 0 N–H and O–H groups in total. The first-order valence-corrected chi connectivity index (χ1v) is 5.79. The van der Waals surface area contributed by atoms with E-state index < -0.39 is 0 Å². The highest BCUT2D eigenvalue weighted by Crippen LogP contribution is 2.39. The smallest absolute Gasteiger partial charge is 0.159 e. The third-order valence-electron chi connectivity index (χ3n) is 2.96. The molecule has 0 radical (unpaired) electrons. The zero-order valence-corrected chi connectivity index (χ0v) is 10.2. The molecule has 0 amide bonds. The number of ether oxygens (including phenoxy) is 2. The van der Waals surface area contributed by atoms with Crippen LogP contribution in [-0.2, 0) is 9.47 Å². The summed E-state index contributed by atoms with van der Waals surface area (Å²) in [7, 11) is 0. The SMILES string of the molecule is CCCC1CC(OC(C)C)OC1(C)C. The molecule has 1 aliphatic rings. The molecule has 2 nitrogen and oxygen atoms in total. The minimum atomic E-state index is -0.00440. The zero-order chi connectivity index (χ0) is 10.8. The summed E-state index contributed by atoms with van der Waals surface area (Å²) >= 11 is 0. The Morgan fingerprint density at radius 2 is 2.07 bits per heavy atom. The predicted molar refractivity (Wildman–Crippen MR) is 58.2 cm³/mol. The van der Waals surface area contributed by atoms with Gasteiger partial charge in [0.25, 0.3) is 0 Å². The summed E-state index contributed by atoms with van der Waals surface area (Å²) in [6.45, 7) is 10.7. The first-order valence-electron chi connectivity index (χ1n) is 5.79. The average molecular weight is 200 g/mol. The number of rotatable bonds is 4. The van der Waals surface area contributed by atoms with Crippen molar-refractivity contribution in [1.29, 1.82) is 0 Å². The molecule has 0 bridgehead atoms. The van der Waals surface area contributed by atoms with E-state index in [0.29, 0.717) is 5.92 Å². The van der Waals surface area contributed by atoms with Crippen molar-refractivity contribution < 1.29 is 9.47 Å². The molecule has 0 aromatic carbocycles. The fourth-order valence-electron chi connectivity index (χ4n) is 2.20. The summed E-state index contributed by atoms with van der Waals surface area (Å²) in [6, 6.07) is 0. The molecule has 1 saturated heterocycles. The van der Waals surface area contributed by atoms with Crippen LogP contribution in [0.25, 0.3) is 0 Å². The standard InChI is InChI=1S/C12H24O2/c1-6-7-10-8-11(13-9(2)3)14-12(10,4)5/h9-11H,6-8H2,1-5H3. The van der Waals surface area contributed by atoms with Crippen LogP contribution in [0, 0.1) is 5.92 Å². The topological polar surface area (TPSA) is 18.5 Å². The van der Waals surface area contributed by atoms with E-state index in [1.165, 1.54) is 12.8 Å². The lowest BCUT2D eigenvalue weighted by atomic mass is 9.87. The maximum atomic E-state index is 5.90. The van der Waals surface area contributed by atoms with Crippen LogP contribution in [0.15, 0.2) is 0 Å². The Kier molecular flexibility index (Phi) is 3.96. The van der Waals surface area contributed by atoms with Gasteiger partial charge in [0.05, 0.1) is 11.7 Å². The molecular formula is C12H24O2. The normalized spacial score (nSPS) is 31.3. The average Bonchev–Trinajstić information content (AvgIpc) is 2.25. The van der Waals surface area contributed by atoms with E-state index in [-0.39, 0.29) is 18.0 Å². The van der Waals surface area contributed by atoms with Gasteiger partial charge in [-0.25, -0.2) is 0 Å². The van der Waals surface area contributed by atoms with Crippen molar-refractivity contribution in [3.8, 4) is 0 Å². The number of hydrogen-bond acceptors (Lipinski definition) is 2. The van der Waals surface area contributed by atoms with E-state index in [4.69, 9.17) is 9.47 Å². The van der Waals surface area contributed by atoms with Crippen molar-refractivity contribution in [2.75, 3.05) is 0 Å². The molecule has 1 aliphatic heterocycles. The Morgan fingerprint density at radius 3 is 2.57 bits per heavy atom. The molecule has 1 fully saturated rings. The fourth-order valence-corrected chi connectivity index (χ4v) is 2.20. The van der Waals surface area contributed by atoms with E-state index >= 15 is 0 Å². The van der Waals surface area contributed by atoms with E-state index in [9.17, 15) is 0 Å². The van der Waals surface area contributed by atoms with Crippen LogP contribution in [0.1, 0.15) is 53.9 Å². The maximum Gasteiger partial charge on any atom is 0.159 e. The van der Waals surface area contributed by atoms with Crippen molar-refractivity contribution in [3.63, 3.8) is 0 Å². The minimum absolute atomic E-state index is 0.00440. The van der Waals surface area contributed by atoms with Gasteiger partial charge >= 0.3 is 0 Å². The van der Waals surface area contributed by atoms with Gasteiger partial charge in [-0.2, -0.15) is 0 Å². The van der Waals surface area contributed by atoms with Crippen molar-refractivity contribution in [2.24, 2.45) is 5.92 Å². The molecule has 2 atom stereocenters. The highest BCUT2D eigenvalue weighted by atomic mass is 16.7. The van der Waals surface area contributed by atoms with Crippen LogP contribution in [0.5, 0.6) is 0 Å². The molecule has 14 heavy (non-hydrogen) atoms. The number of hydrogen-bond donors (Lipinski definition) is 0. The Hall–Kier alpha value is -0.0800. The summed E-state index contributed by atoms with van der Waals surface area (Å²) in [5.41, 5.74) is -0.00440. The van der Waals surface area contributed by atoms with Gasteiger partial charge < -0.3 is 9.47 Å². The monoisotopic (exact) mass is 200 g/mol. The molecule has 0 aromatic heterocycles. The van der Waals surface area contributed by atoms with Crippen molar-refractivity contribution >= 4 is 0 Å². The minimum Gasteiger partial charge on any atom is -0.350 e. The highest BCUT2D eigenvalue weighted by Gasteiger charge is 2.41. The van der Waals surface area contributed by atoms with Gasteiger partial charge in [-0.05, 0) is 40.0 Å². The molecule has 1 heterocycles. The van der Waals surface area contributed by atoms with Crippen molar-refractivity contribution in [3.05, 3.63) is 0 Å². The second-order valence-corrected chi connectivity index (χ2v) is 5.06. The summed E-state index contributed by atoms with van der Waals surface area (Å²) in [6.07, 6.45) is 3.80. The van der Waals surface area contributed by atoms with Gasteiger partial charge in [0, 0.05) is 6.42 Å². The maximum absolute atomic E-state index is 5.90. The Bertz CT molecular complexity index is 175. The lowest BCUT2D eigenvalue weighted by Gasteiger charge is -2.25. The lowest BCUT2D eigenvalue weighted by molar-refractivity contribution is -0.177. The second kappa shape index (κ2) is 4.63. The van der Waals surface area contributed by atoms with Gasteiger partial charge in [-0.3, -0.25) is 0 Å². The van der Waals surface area contributed by atoms with Crippen LogP contribution in [0.2, 0.25) is 0 Å². The Balaban J connectivity index is 2.48. The van der Waals surface area contributed by atoms with Crippen LogP contribution < -0.4 is 0 Å². The van der Waals surface area contributed by atoms with E-state index in [1.54, 1.807) is 0 Å². The van der Waals surface area contributed by atoms with E-state index in [2.05, 4.69) is 34.6 Å². The first kappa shape index (κ1) is 12.0. The molecule has 84 valence electrons. The van der Waals surface area contributed by atoms with E-state index in [0.717, 1.165) is 6.42 Å². The van der Waals surface area contributed by atoms with Gasteiger partial charge in [0.15, 0.2) is 6.29 Å². The molecule has 0 aliphatic carbocycles. The summed E-state index contributed by atoms with van der Waals surface area (Å²) in [5, 5.41) is 0. The van der Waals surface area contributed by atoms with Gasteiger partial charge in [0.1, 0.15) is 0 Å². The molecule has 1 rings (SSSR count). The molecule has 0 aromatic rings. The van der Waals surface area contributed by atoms with Crippen molar-refractivity contribution in [2.45, 2.75) is 71.9 Å². The largest absolute Gasteiger partial charge is 0.350 e. The van der Waals surface area contributed by atoms with Crippen LogP contribution >= 0.6 is 0 Å². The highest BCUT2D eigenvalue weighted by molar-refractivity contribution is 4.86. The fraction of sp³-hybridized carbons (Fsp3) is 1.00.